The number of nitrogens with zero attached hydrogens (tertiary/aromatic N) is 3. The normalized spacial score (nSPS) is 18.8. The molecule has 1 aromatic heterocycles. The summed E-state index contributed by atoms with van der Waals surface area (Å²) in [5.74, 6) is 0.456. The van der Waals surface area contributed by atoms with Crippen LogP contribution in [0, 0.1) is 0 Å². The topological polar surface area (TPSA) is 50.7 Å². The minimum Gasteiger partial charge on any atom is -0.349 e. The van der Waals surface area contributed by atoms with Crippen LogP contribution in [0.3, 0.4) is 0 Å². The predicted octanol–water partition coefficient (Wildman–Crippen LogP) is 2.53. The fraction of sp³-hybridized carbons (Fsp3) is 0.625. The second kappa shape index (κ2) is 3.51. The number of rotatable bonds is 2. The van der Waals surface area contributed by atoms with Gasteiger partial charge in [-0.1, -0.05) is 0 Å². The van der Waals surface area contributed by atoms with Crippen LogP contribution in [0.15, 0.2) is 0 Å². The van der Waals surface area contributed by atoms with Crippen LogP contribution in [-0.4, -0.2) is 20.5 Å². The zero-order valence-electron chi connectivity index (χ0n) is 7.72. The summed E-state index contributed by atoms with van der Waals surface area (Å²) >= 11 is 11.3. The van der Waals surface area contributed by atoms with Gasteiger partial charge in [-0.05, 0) is 49.4 Å². The SMILES string of the molecule is CC1(Nc2nc(Cl)nc(Cl)n2)CCC1. The van der Waals surface area contributed by atoms with E-state index < -0.39 is 0 Å². The van der Waals surface area contributed by atoms with Gasteiger partial charge < -0.3 is 5.32 Å². The third-order valence-electron chi connectivity index (χ3n) is 2.45. The molecule has 0 unspecified atom stereocenters. The second-order valence-corrected chi connectivity index (χ2v) is 4.41. The van der Waals surface area contributed by atoms with E-state index in [1.54, 1.807) is 0 Å². The van der Waals surface area contributed by atoms with Crippen molar-refractivity contribution in [2.24, 2.45) is 0 Å². The van der Waals surface area contributed by atoms with Crippen LogP contribution >= 0.6 is 23.2 Å². The minimum absolute atomic E-state index is 0.0913. The highest BCUT2D eigenvalue weighted by Gasteiger charge is 2.32. The van der Waals surface area contributed by atoms with E-state index in [1.807, 2.05) is 0 Å². The molecule has 1 N–H and O–H groups in total. The molecule has 0 bridgehead atoms. The molecule has 1 aliphatic carbocycles. The maximum absolute atomic E-state index is 5.65. The van der Waals surface area contributed by atoms with Gasteiger partial charge in [0.15, 0.2) is 0 Å². The maximum Gasteiger partial charge on any atom is 0.228 e. The Balaban J connectivity index is 2.16. The van der Waals surface area contributed by atoms with Gasteiger partial charge in [0.05, 0.1) is 0 Å². The average Bonchev–Trinajstić information content (AvgIpc) is 1.99. The van der Waals surface area contributed by atoms with E-state index in [9.17, 15) is 0 Å². The molecule has 76 valence electrons. The van der Waals surface area contributed by atoms with Crippen molar-refractivity contribution in [1.82, 2.24) is 15.0 Å². The van der Waals surface area contributed by atoms with Crippen molar-refractivity contribution >= 4 is 29.2 Å². The Kier molecular flexibility index (Phi) is 2.49. The summed E-state index contributed by atoms with van der Waals surface area (Å²) in [5, 5.41) is 3.45. The van der Waals surface area contributed by atoms with E-state index in [4.69, 9.17) is 23.2 Å². The Hall–Kier alpha value is -0.610. The molecule has 6 heteroatoms. The third kappa shape index (κ3) is 2.07. The molecule has 2 rings (SSSR count). The van der Waals surface area contributed by atoms with E-state index in [-0.39, 0.29) is 16.1 Å². The summed E-state index contributed by atoms with van der Waals surface area (Å²) in [5.41, 5.74) is 0.0913. The summed E-state index contributed by atoms with van der Waals surface area (Å²) in [6.45, 7) is 2.13. The highest BCUT2D eigenvalue weighted by atomic mass is 35.5. The van der Waals surface area contributed by atoms with Crippen LogP contribution in [-0.2, 0) is 0 Å². The molecular formula is C8H10Cl2N4. The molecule has 0 radical (unpaired) electrons. The minimum atomic E-state index is 0.0913. The Bertz CT molecular complexity index is 331. The molecular weight excluding hydrogens is 223 g/mol. The molecule has 0 saturated heterocycles. The lowest BCUT2D eigenvalue weighted by Crippen LogP contribution is -2.42. The van der Waals surface area contributed by atoms with Gasteiger partial charge in [-0.2, -0.15) is 15.0 Å². The van der Waals surface area contributed by atoms with Gasteiger partial charge >= 0.3 is 0 Å². The van der Waals surface area contributed by atoms with Crippen molar-refractivity contribution in [3.8, 4) is 0 Å². The number of hydrogen-bond acceptors (Lipinski definition) is 4. The summed E-state index contributed by atoms with van der Waals surface area (Å²) < 4.78 is 0. The number of hydrogen-bond donors (Lipinski definition) is 1. The molecule has 1 saturated carbocycles. The van der Waals surface area contributed by atoms with Crippen molar-refractivity contribution in [3.05, 3.63) is 10.6 Å². The van der Waals surface area contributed by atoms with Gasteiger partial charge in [-0.3, -0.25) is 0 Å². The van der Waals surface area contributed by atoms with Crippen LogP contribution in [0.2, 0.25) is 10.6 Å². The molecule has 0 atom stereocenters. The Morgan fingerprint density at radius 3 is 2.14 bits per heavy atom. The maximum atomic E-state index is 5.65. The quantitative estimate of drug-likeness (QED) is 0.852. The van der Waals surface area contributed by atoms with Crippen LogP contribution in [0.25, 0.3) is 0 Å². The van der Waals surface area contributed by atoms with Gasteiger partial charge in [0.2, 0.25) is 16.5 Å². The first kappa shape index (κ1) is 9.93. The number of aromatic nitrogens is 3. The van der Waals surface area contributed by atoms with Gasteiger partial charge in [-0.15, -0.1) is 0 Å². The lowest BCUT2D eigenvalue weighted by atomic mass is 9.79. The fourth-order valence-corrected chi connectivity index (χ4v) is 1.85. The van der Waals surface area contributed by atoms with Crippen LogP contribution < -0.4 is 5.32 Å². The number of anilines is 1. The largest absolute Gasteiger partial charge is 0.349 e. The van der Waals surface area contributed by atoms with Gasteiger partial charge in [0, 0.05) is 5.54 Å². The molecule has 1 aromatic rings. The van der Waals surface area contributed by atoms with E-state index in [0.29, 0.717) is 5.95 Å². The molecule has 4 nitrogen and oxygen atoms in total. The first-order chi connectivity index (χ1) is 6.57. The van der Waals surface area contributed by atoms with E-state index >= 15 is 0 Å². The second-order valence-electron chi connectivity index (χ2n) is 3.74. The molecule has 0 amide bonds. The van der Waals surface area contributed by atoms with E-state index in [1.165, 1.54) is 6.42 Å². The fourth-order valence-electron chi connectivity index (χ4n) is 1.48. The molecule has 1 fully saturated rings. The molecule has 0 spiro atoms. The van der Waals surface area contributed by atoms with Crippen LogP contribution in [0.1, 0.15) is 26.2 Å². The Labute approximate surface area is 92.1 Å². The third-order valence-corrected chi connectivity index (χ3v) is 2.79. The summed E-state index contributed by atoms with van der Waals surface area (Å²) in [7, 11) is 0. The average molecular weight is 233 g/mol. The van der Waals surface area contributed by atoms with Crippen molar-refractivity contribution < 1.29 is 0 Å². The molecule has 1 aliphatic rings. The lowest BCUT2D eigenvalue weighted by Gasteiger charge is -2.39. The van der Waals surface area contributed by atoms with Crippen molar-refractivity contribution in [3.63, 3.8) is 0 Å². The summed E-state index contributed by atoms with van der Waals surface area (Å²) in [6, 6.07) is 0. The molecule has 0 aliphatic heterocycles. The first-order valence-electron chi connectivity index (χ1n) is 4.43. The molecule has 0 aromatic carbocycles. The zero-order chi connectivity index (χ0) is 10.2. The summed E-state index contributed by atoms with van der Waals surface area (Å²) in [4.78, 5) is 11.6. The lowest BCUT2D eigenvalue weighted by molar-refractivity contribution is 0.304. The molecule has 1 heterocycles. The zero-order valence-corrected chi connectivity index (χ0v) is 9.23. The number of nitrogens with one attached hydrogen (secondary N) is 1. The Morgan fingerprint density at radius 2 is 1.71 bits per heavy atom. The smallest absolute Gasteiger partial charge is 0.228 e. The molecule has 14 heavy (non-hydrogen) atoms. The monoisotopic (exact) mass is 232 g/mol. The van der Waals surface area contributed by atoms with E-state index in [2.05, 4.69) is 27.2 Å². The summed E-state index contributed by atoms with van der Waals surface area (Å²) in [6.07, 6.45) is 3.47. The predicted molar refractivity (Wildman–Crippen MR) is 55.7 cm³/mol. The number of halogens is 2. The highest BCUT2D eigenvalue weighted by molar-refractivity contribution is 6.31. The Morgan fingerprint density at radius 1 is 1.14 bits per heavy atom. The van der Waals surface area contributed by atoms with Crippen molar-refractivity contribution in [2.45, 2.75) is 31.7 Å². The van der Waals surface area contributed by atoms with Crippen LogP contribution in [0.5, 0.6) is 0 Å². The van der Waals surface area contributed by atoms with E-state index in [0.717, 1.165) is 12.8 Å². The van der Waals surface area contributed by atoms with Gasteiger partial charge in [0.1, 0.15) is 0 Å². The van der Waals surface area contributed by atoms with Crippen molar-refractivity contribution in [2.75, 3.05) is 5.32 Å². The standard InChI is InChI=1S/C8H10Cl2N4/c1-8(3-2-4-8)14-7-12-5(9)11-6(10)13-7/h2-4H2,1H3,(H,11,12,13,14). The highest BCUT2D eigenvalue weighted by Crippen LogP contribution is 2.33. The van der Waals surface area contributed by atoms with Crippen molar-refractivity contribution in [1.29, 1.82) is 0 Å². The van der Waals surface area contributed by atoms with Crippen LogP contribution in [0.4, 0.5) is 5.95 Å². The van der Waals surface area contributed by atoms with Gasteiger partial charge in [-0.25, -0.2) is 0 Å². The van der Waals surface area contributed by atoms with Gasteiger partial charge in [0.25, 0.3) is 0 Å². The first-order valence-corrected chi connectivity index (χ1v) is 5.18.